The van der Waals surface area contributed by atoms with Crippen molar-refractivity contribution in [1.82, 2.24) is 5.43 Å². The fraction of sp³-hybridized carbons (Fsp3) is 0.100. The molecule has 4 heteroatoms. The van der Waals surface area contributed by atoms with Crippen molar-refractivity contribution in [3.05, 3.63) is 84.0 Å². The monoisotopic (exact) mass is 320 g/mol. The molecule has 0 fully saturated rings. The molecule has 1 amide bonds. The van der Waals surface area contributed by atoms with E-state index in [0.717, 1.165) is 5.56 Å². The van der Waals surface area contributed by atoms with Crippen molar-refractivity contribution in [1.29, 1.82) is 0 Å². The number of para-hydroxylation sites is 1. The maximum atomic E-state index is 12.1. The molecule has 0 saturated heterocycles. The van der Waals surface area contributed by atoms with E-state index in [2.05, 4.69) is 10.5 Å². The van der Waals surface area contributed by atoms with Gasteiger partial charge in [-0.05, 0) is 30.7 Å². The molecule has 0 bridgehead atoms. The van der Waals surface area contributed by atoms with E-state index in [0.29, 0.717) is 17.0 Å². The first-order valence-corrected chi connectivity index (χ1v) is 7.58. The number of nitrogens with zero attached hydrogens (tertiary/aromatic N) is 1. The summed E-state index contributed by atoms with van der Waals surface area (Å²) in [6.07, 6.45) is 7.62. The second-order valence-electron chi connectivity index (χ2n) is 5.02. The molecule has 0 aliphatic carbocycles. The molecule has 24 heavy (non-hydrogen) atoms. The average Bonchev–Trinajstić information content (AvgIpc) is 2.64. The van der Waals surface area contributed by atoms with E-state index >= 15 is 0 Å². The number of ether oxygens (including phenoxy) is 1. The Kier molecular flexibility index (Phi) is 6.53. The first-order chi connectivity index (χ1) is 11.7. The van der Waals surface area contributed by atoms with Crippen LogP contribution in [0.25, 0.3) is 6.08 Å². The minimum Gasteiger partial charge on any atom is -0.496 e. The number of carbonyl (C=O) groups is 1. The Morgan fingerprint density at radius 2 is 1.75 bits per heavy atom. The molecule has 0 aromatic heterocycles. The molecule has 2 aromatic carbocycles. The Balaban J connectivity index is 1.92. The van der Waals surface area contributed by atoms with Gasteiger partial charge in [0.05, 0.1) is 18.4 Å². The number of hydrogen-bond acceptors (Lipinski definition) is 3. The van der Waals surface area contributed by atoms with E-state index in [4.69, 9.17) is 4.74 Å². The van der Waals surface area contributed by atoms with Gasteiger partial charge in [0.2, 0.25) is 0 Å². The highest BCUT2D eigenvalue weighted by molar-refractivity contribution is 5.99. The number of methoxy groups -OCH3 is 1. The van der Waals surface area contributed by atoms with Gasteiger partial charge in [0.15, 0.2) is 0 Å². The Morgan fingerprint density at radius 1 is 1.04 bits per heavy atom. The van der Waals surface area contributed by atoms with E-state index in [9.17, 15) is 4.79 Å². The fourth-order valence-electron chi connectivity index (χ4n) is 1.99. The number of carbonyl (C=O) groups excluding carboxylic acids is 1. The Labute approximate surface area is 142 Å². The molecule has 4 nitrogen and oxygen atoms in total. The number of nitrogens with one attached hydrogen (secondary N) is 1. The highest BCUT2D eigenvalue weighted by Crippen LogP contribution is 2.16. The molecular weight excluding hydrogens is 300 g/mol. The normalized spacial score (nSPS) is 11.8. The van der Waals surface area contributed by atoms with Gasteiger partial charge in [-0.15, -0.1) is 0 Å². The van der Waals surface area contributed by atoms with Crippen LogP contribution in [-0.4, -0.2) is 18.7 Å². The van der Waals surface area contributed by atoms with Gasteiger partial charge in [-0.2, -0.15) is 5.10 Å². The van der Waals surface area contributed by atoms with Crippen molar-refractivity contribution < 1.29 is 9.53 Å². The summed E-state index contributed by atoms with van der Waals surface area (Å²) in [5.41, 5.74) is 4.79. The van der Waals surface area contributed by atoms with Gasteiger partial charge < -0.3 is 4.74 Å². The van der Waals surface area contributed by atoms with E-state index in [1.54, 1.807) is 18.2 Å². The second-order valence-corrected chi connectivity index (χ2v) is 5.02. The van der Waals surface area contributed by atoms with Gasteiger partial charge in [-0.3, -0.25) is 4.79 Å². The molecule has 0 radical (unpaired) electrons. The average molecular weight is 320 g/mol. The highest BCUT2D eigenvalue weighted by Gasteiger charge is 2.10. The smallest absolute Gasteiger partial charge is 0.275 e. The number of benzene rings is 2. The van der Waals surface area contributed by atoms with Crippen LogP contribution in [0.1, 0.15) is 22.8 Å². The molecule has 0 aliphatic rings. The van der Waals surface area contributed by atoms with E-state index in [-0.39, 0.29) is 5.91 Å². The van der Waals surface area contributed by atoms with Crippen LogP contribution in [0.3, 0.4) is 0 Å². The molecule has 0 heterocycles. The lowest BCUT2D eigenvalue weighted by Gasteiger charge is -2.06. The Bertz CT molecular complexity index is 762. The highest BCUT2D eigenvalue weighted by atomic mass is 16.5. The maximum Gasteiger partial charge on any atom is 0.275 e. The summed E-state index contributed by atoms with van der Waals surface area (Å²) in [6, 6.07) is 17.0. The Morgan fingerprint density at radius 3 is 2.50 bits per heavy atom. The molecule has 1 N–H and O–H groups in total. The predicted octanol–water partition coefficient (Wildman–Crippen LogP) is 4.07. The zero-order chi connectivity index (χ0) is 17.2. The zero-order valence-electron chi connectivity index (χ0n) is 13.8. The van der Waals surface area contributed by atoms with E-state index in [1.165, 1.54) is 7.11 Å². The molecule has 0 saturated carbocycles. The molecule has 0 spiro atoms. The molecule has 0 unspecified atom stereocenters. The van der Waals surface area contributed by atoms with E-state index in [1.807, 2.05) is 67.6 Å². The first kappa shape index (κ1) is 17.2. The summed E-state index contributed by atoms with van der Waals surface area (Å²) < 4.78 is 5.16. The first-order valence-electron chi connectivity index (χ1n) is 7.58. The van der Waals surface area contributed by atoms with Crippen molar-refractivity contribution in [3.8, 4) is 5.75 Å². The number of rotatable bonds is 6. The largest absolute Gasteiger partial charge is 0.496 e. The lowest BCUT2D eigenvalue weighted by atomic mass is 10.2. The van der Waals surface area contributed by atoms with Crippen LogP contribution in [0.15, 0.2) is 77.9 Å². The van der Waals surface area contributed by atoms with Crippen molar-refractivity contribution in [2.24, 2.45) is 5.10 Å². The van der Waals surface area contributed by atoms with Crippen LogP contribution in [0, 0.1) is 0 Å². The van der Waals surface area contributed by atoms with Crippen molar-refractivity contribution in [2.45, 2.75) is 6.92 Å². The third-order valence-corrected chi connectivity index (χ3v) is 3.22. The fourth-order valence-corrected chi connectivity index (χ4v) is 1.99. The lowest BCUT2D eigenvalue weighted by molar-refractivity contribution is 0.0952. The van der Waals surface area contributed by atoms with Crippen LogP contribution < -0.4 is 10.2 Å². The third-order valence-electron chi connectivity index (χ3n) is 3.22. The minimum atomic E-state index is -0.306. The minimum absolute atomic E-state index is 0.306. The summed E-state index contributed by atoms with van der Waals surface area (Å²) in [7, 11) is 1.53. The third kappa shape index (κ3) is 5.25. The topological polar surface area (TPSA) is 50.7 Å². The van der Waals surface area contributed by atoms with E-state index < -0.39 is 0 Å². The molecule has 2 rings (SSSR count). The zero-order valence-corrected chi connectivity index (χ0v) is 13.8. The van der Waals surface area contributed by atoms with Gasteiger partial charge in [-0.1, -0.05) is 60.7 Å². The van der Waals surface area contributed by atoms with Gasteiger partial charge in [0, 0.05) is 0 Å². The van der Waals surface area contributed by atoms with Gasteiger partial charge in [0.25, 0.3) is 5.91 Å². The standard InChI is InChI=1S/C20H20N2O2/c1-16(10-6-7-13-17-11-4-3-5-12-17)21-22-20(23)18-14-8-9-15-19(18)24-2/h3-15H,1-2H3,(H,22,23)/b10-6+,13-7+,21-16+. The predicted molar refractivity (Wildman–Crippen MR) is 98.2 cm³/mol. The van der Waals surface area contributed by atoms with Crippen LogP contribution in [0.5, 0.6) is 5.75 Å². The Hall–Kier alpha value is -3.14. The SMILES string of the molecule is COc1ccccc1C(=O)N/N=C(C)/C=C/C=C/c1ccccc1. The van der Waals surface area contributed by atoms with Crippen LogP contribution in [0.2, 0.25) is 0 Å². The van der Waals surface area contributed by atoms with Crippen LogP contribution >= 0.6 is 0 Å². The number of allylic oxidation sites excluding steroid dienone is 3. The van der Waals surface area contributed by atoms with Gasteiger partial charge in [0.1, 0.15) is 5.75 Å². The second kappa shape index (κ2) is 9.10. The summed E-state index contributed by atoms with van der Waals surface area (Å²) in [5, 5.41) is 4.06. The van der Waals surface area contributed by atoms with Gasteiger partial charge in [-0.25, -0.2) is 5.43 Å². The maximum absolute atomic E-state index is 12.1. The summed E-state index contributed by atoms with van der Waals surface area (Å²) in [6.45, 7) is 1.81. The van der Waals surface area contributed by atoms with Gasteiger partial charge >= 0.3 is 0 Å². The molecule has 0 atom stereocenters. The molecule has 0 aliphatic heterocycles. The van der Waals surface area contributed by atoms with Crippen LogP contribution in [-0.2, 0) is 0 Å². The van der Waals surface area contributed by atoms with Crippen molar-refractivity contribution >= 4 is 17.7 Å². The quantitative estimate of drug-likeness (QED) is 0.495. The molecular formula is C20H20N2O2. The van der Waals surface area contributed by atoms with Crippen LogP contribution in [0.4, 0.5) is 0 Å². The number of hydrogen-bond donors (Lipinski definition) is 1. The summed E-state index contributed by atoms with van der Waals surface area (Å²) in [5.74, 6) is 0.212. The van der Waals surface area contributed by atoms with Crippen molar-refractivity contribution in [2.75, 3.05) is 7.11 Å². The summed E-state index contributed by atoms with van der Waals surface area (Å²) >= 11 is 0. The summed E-state index contributed by atoms with van der Waals surface area (Å²) in [4.78, 5) is 12.1. The molecule has 2 aromatic rings. The van der Waals surface area contributed by atoms with Crippen molar-refractivity contribution in [3.63, 3.8) is 0 Å². The lowest BCUT2D eigenvalue weighted by Crippen LogP contribution is -2.19. The number of amides is 1. The molecule has 122 valence electrons. The number of hydrazone groups is 1.